The third-order valence-electron chi connectivity index (χ3n) is 5.10. The van der Waals surface area contributed by atoms with Crippen LogP contribution in [0.5, 0.6) is 0 Å². The molecule has 4 rings (SSSR count). The third-order valence-corrected chi connectivity index (χ3v) is 8.31. The van der Waals surface area contributed by atoms with Gasteiger partial charge in [0.25, 0.3) is 5.91 Å². The van der Waals surface area contributed by atoms with Crippen LogP contribution in [0.3, 0.4) is 0 Å². The smallest absolute Gasteiger partial charge is 0.279 e. The van der Waals surface area contributed by atoms with E-state index in [-0.39, 0.29) is 34.6 Å². The SMILES string of the molecule is CC(C)c1ccccc1N1C(=NC(=O)c2ccccc2)S[C@@H]2CS(=O)(=O)C[C@H]21. The number of carbonyl (C=O) groups is 1. The van der Waals surface area contributed by atoms with Crippen molar-refractivity contribution in [1.29, 1.82) is 0 Å². The Kier molecular flexibility index (Phi) is 5.05. The molecular formula is C21H22N2O3S2. The van der Waals surface area contributed by atoms with E-state index in [1.54, 1.807) is 12.1 Å². The molecule has 0 aromatic heterocycles. The van der Waals surface area contributed by atoms with Crippen LogP contribution in [0.4, 0.5) is 5.69 Å². The number of nitrogens with zero attached hydrogens (tertiary/aromatic N) is 2. The van der Waals surface area contributed by atoms with Crippen molar-refractivity contribution in [2.24, 2.45) is 4.99 Å². The summed E-state index contributed by atoms with van der Waals surface area (Å²) in [6.45, 7) is 4.22. The summed E-state index contributed by atoms with van der Waals surface area (Å²) in [6, 6.07) is 16.7. The number of hydrogen-bond acceptors (Lipinski definition) is 4. The van der Waals surface area contributed by atoms with E-state index in [1.165, 1.54) is 11.8 Å². The summed E-state index contributed by atoms with van der Waals surface area (Å²) in [5.41, 5.74) is 2.58. The summed E-state index contributed by atoms with van der Waals surface area (Å²) in [5, 5.41) is 0.486. The average molecular weight is 415 g/mol. The second kappa shape index (κ2) is 7.37. The van der Waals surface area contributed by atoms with E-state index in [0.717, 1.165) is 11.3 Å². The van der Waals surface area contributed by atoms with Gasteiger partial charge in [0.15, 0.2) is 15.0 Å². The molecule has 2 aromatic rings. The number of hydrogen-bond donors (Lipinski definition) is 0. The minimum atomic E-state index is -3.09. The van der Waals surface area contributed by atoms with Crippen molar-refractivity contribution in [2.75, 3.05) is 16.4 Å². The fourth-order valence-corrected chi connectivity index (χ4v) is 7.68. The van der Waals surface area contributed by atoms with Crippen LogP contribution in [-0.2, 0) is 9.84 Å². The molecule has 28 heavy (non-hydrogen) atoms. The fourth-order valence-electron chi connectivity index (χ4n) is 3.77. The van der Waals surface area contributed by atoms with Crippen LogP contribution in [0, 0.1) is 0 Å². The lowest BCUT2D eigenvalue weighted by Gasteiger charge is -2.28. The Morgan fingerprint density at radius 2 is 1.75 bits per heavy atom. The van der Waals surface area contributed by atoms with Gasteiger partial charge in [-0.3, -0.25) is 4.79 Å². The summed E-state index contributed by atoms with van der Waals surface area (Å²) >= 11 is 1.41. The largest absolute Gasteiger partial charge is 0.315 e. The van der Waals surface area contributed by atoms with Gasteiger partial charge in [-0.05, 0) is 29.7 Å². The standard InChI is InChI=1S/C21H22N2O3S2/c1-14(2)16-10-6-7-11-17(16)23-18-12-28(25,26)13-19(18)27-21(23)22-20(24)15-8-4-3-5-9-15/h3-11,14,18-19H,12-13H2,1-2H3/t18-,19-/m1/s1. The Morgan fingerprint density at radius 1 is 1.07 bits per heavy atom. The molecule has 0 N–H and O–H groups in total. The van der Waals surface area contributed by atoms with Crippen LogP contribution in [-0.4, -0.2) is 42.3 Å². The van der Waals surface area contributed by atoms with Crippen LogP contribution >= 0.6 is 11.8 Å². The molecule has 2 heterocycles. The number of aliphatic imine (C=N–C) groups is 1. The van der Waals surface area contributed by atoms with E-state index < -0.39 is 9.84 Å². The first-order valence-corrected chi connectivity index (χ1v) is 12.0. The van der Waals surface area contributed by atoms with Gasteiger partial charge < -0.3 is 4.90 Å². The second-order valence-electron chi connectivity index (χ2n) is 7.45. The van der Waals surface area contributed by atoms with Gasteiger partial charge in [0, 0.05) is 16.5 Å². The number of thioether (sulfide) groups is 1. The zero-order valence-corrected chi connectivity index (χ0v) is 17.4. The Labute approximate surface area is 169 Å². The van der Waals surface area contributed by atoms with Gasteiger partial charge in [-0.15, -0.1) is 0 Å². The molecule has 2 aromatic carbocycles. The van der Waals surface area contributed by atoms with Gasteiger partial charge in [0.2, 0.25) is 0 Å². The first-order chi connectivity index (χ1) is 13.4. The number of fused-ring (bicyclic) bond motifs is 1. The van der Waals surface area contributed by atoms with E-state index in [0.29, 0.717) is 10.7 Å². The molecule has 1 amide bonds. The van der Waals surface area contributed by atoms with Gasteiger partial charge in [-0.1, -0.05) is 62.0 Å². The van der Waals surface area contributed by atoms with Crippen LogP contribution in [0.25, 0.3) is 0 Å². The highest BCUT2D eigenvalue weighted by molar-refractivity contribution is 8.16. The molecule has 0 unspecified atom stereocenters. The van der Waals surface area contributed by atoms with E-state index in [9.17, 15) is 13.2 Å². The lowest BCUT2D eigenvalue weighted by Crippen LogP contribution is -2.38. The van der Waals surface area contributed by atoms with Crippen molar-refractivity contribution in [1.82, 2.24) is 0 Å². The zero-order chi connectivity index (χ0) is 19.9. The van der Waals surface area contributed by atoms with Gasteiger partial charge in [0.05, 0.1) is 17.5 Å². The number of benzene rings is 2. The topological polar surface area (TPSA) is 66.8 Å². The Balaban J connectivity index is 1.78. The molecule has 0 bridgehead atoms. The predicted octanol–water partition coefficient (Wildman–Crippen LogP) is 3.73. The number of rotatable bonds is 3. The van der Waals surface area contributed by atoms with Crippen molar-refractivity contribution in [3.05, 3.63) is 65.7 Å². The number of para-hydroxylation sites is 1. The van der Waals surface area contributed by atoms with Crippen molar-refractivity contribution in [2.45, 2.75) is 31.1 Å². The molecule has 0 spiro atoms. The van der Waals surface area contributed by atoms with Crippen molar-refractivity contribution >= 4 is 38.4 Å². The molecular weight excluding hydrogens is 392 g/mol. The lowest BCUT2D eigenvalue weighted by atomic mass is 9.99. The monoisotopic (exact) mass is 414 g/mol. The minimum Gasteiger partial charge on any atom is -0.315 e. The highest BCUT2D eigenvalue weighted by atomic mass is 32.2. The number of carbonyl (C=O) groups excluding carboxylic acids is 1. The predicted molar refractivity (Wildman–Crippen MR) is 115 cm³/mol. The molecule has 2 atom stereocenters. The normalized spacial score (nSPS) is 24.7. The van der Waals surface area contributed by atoms with Gasteiger partial charge in [-0.25, -0.2) is 8.42 Å². The summed E-state index contributed by atoms with van der Waals surface area (Å²) < 4.78 is 24.5. The zero-order valence-electron chi connectivity index (χ0n) is 15.8. The molecule has 0 aliphatic carbocycles. The van der Waals surface area contributed by atoms with E-state index >= 15 is 0 Å². The molecule has 2 saturated heterocycles. The first-order valence-electron chi connectivity index (χ1n) is 9.29. The van der Waals surface area contributed by atoms with Crippen molar-refractivity contribution in [3.8, 4) is 0 Å². The molecule has 5 nitrogen and oxygen atoms in total. The Hall–Kier alpha value is -2.12. The number of anilines is 1. The number of amidine groups is 1. The maximum absolute atomic E-state index is 12.7. The van der Waals surface area contributed by atoms with Crippen LogP contribution < -0.4 is 4.90 Å². The van der Waals surface area contributed by atoms with Crippen molar-refractivity contribution in [3.63, 3.8) is 0 Å². The van der Waals surface area contributed by atoms with Crippen LogP contribution in [0.15, 0.2) is 59.6 Å². The summed E-state index contributed by atoms with van der Waals surface area (Å²) in [4.78, 5) is 19.1. The highest BCUT2D eigenvalue weighted by Crippen LogP contribution is 2.43. The summed E-state index contributed by atoms with van der Waals surface area (Å²) in [6.07, 6.45) is 0. The van der Waals surface area contributed by atoms with E-state index in [1.807, 2.05) is 41.3 Å². The summed E-state index contributed by atoms with van der Waals surface area (Å²) in [5.74, 6) is 0.180. The van der Waals surface area contributed by atoms with Crippen molar-refractivity contribution < 1.29 is 13.2 Å². The van der Waals surface area contributed by atoms with Gasteiger partial charge in [0.1, 0.15) is 0 Å². The minimum absolute atomic E-state index is 0.0929. The number of sulfone groups is 1. The molecule has 0 saturated carbocycles. The Morgan fingerprint density at radius 3 is 2.46 bits per heavy atom. The number of amides is 1. The first kappa shape index (κ1) is 19.2. The van der Waals surface area contributed by atoms with Crippen LogP contribution in [0.2, 0.25) is 0 Å². The maximum Gasteiger partial charge on any atom is 0.279 e. The Bertz CT molecular complexity index is 1030. The molecule has 2 aliphatic rings. The molecule has 0 radical (unpaired) electrons. The third kappa shape index (κ3) is 3.61. The van der Waals surface area contributed by atoms with Gasteiger partial charge >= 0.3 is 0 Å². The summed E-state index contributed by atoms with van der Waals surface area (Å²) in [7, 11) is -3.09. The highest BCUT2D eigenvalue weighted by Gasteiger charge is 2.49. The fraction of sp³-hybridized carbons (Fsp3) is 0.333. The quantitative estimate of drug-likeness (QED) is 0.766. The van der Waals surface area contributed by atoms with Gasteiger partial charge in [-0.2, -0.15) is 4.99 Å². The molecule has 7 heteroatoms. The average Bonchev–Trinajstić information content (AvgIpc) is 3.13. The van der Waals surface area contributed by atoms with E-state index in [2.05, 4.69) is 24.9 Å². The second-order valence-corrected chi connectivity index (χ2v) is 10.8. The van der Waals surface area contributed by atoms with Crippen LogP contribution in [0.1, 0.15) is 35.7 Å². The lowest BCUT2D eigenvalue weighted by molar-refractivity contribution is 0.100. The maximum atomic E-state index is 12.7. The van der Waals surface area contributed by atoms with E-state index in [4.69, 9.17) is 0 Å². The molecule has 2 fully saturated rings. The molecule has 146 valence electrons. The molecule has 2 aliphatic heterocycles.